The van der Waals surface area contributed by atoms with Crippen LogP contribution in [0, 0.1) is 0 Å². The first-order chi connectivity index (χ1) is 11.9. The van der Waals surface area contributed by atoms with Gasteiger partial charge in [-0.25, -0.2) is 0 Å². The summed E-state index contributed by atoms with van der Waals surface area (Å²) >= 11 is 0. The van der Waals surface area contributed by atoms with E-state index in [1.807, 2.05) is 0 Å². The molecule has 0 spiro atoms. The van der Waals surface area contributed by atoms with Crippen LogP contribution in [0.1, 0.15) is 117 Å². The van der Waals surface area contributed by atoms with Crippen molar-refractivity contribution in [3.63, 3.8) is 0 Å². The molecule has 0 heteroatoms. The minimum absolute atomic E-state index is 1.12. The molecule has 0 aliphatic rings. The first kappa shape index (κ1) is 23.2. The molecule has 0 aromatic rings. The average molecular weight is 333 g/mol. The normalized spacial score (nSPS) is 12.2. The summed E-state index contributed by atoms with van der Waals surface area (Å²) in [4.78, 5) is 0. The van der Waals surface area contributed by atoms with Gasteiger partial charge in [-0.1, -0.05) is 102 Å². The van der Waals surface area contributed by atoms with Crippen LogP contribution in [0.3, 0.4) is 0 Å². The molecule has 0 bridgehead atoms. The maximum absolute atomic E-state index is 2.39. The summed E-state index contributed by atoms with van der Waals surface area (Å²) in [6, 6.07) is 0. The van der Waals surface area contributed by atoms with Crippen molar-refractivity contribution in [2.45, 2.75) is 117 Å². The predicted molar refractivity (Wildman–Crippen MR) is 113 cm³/mol. The fourth-order valence-electron chi connectivity index (χ4n) is 2.81. The summed E-state index contributed by atoms with van der Waals surface area (Å²) in [5.74, 6) is 0. The van der Waals surface area contributed by atoms with Gasteiger partial charge in [-0.3, -0.25) is 0 Å². The molecule has 0 aromatic carbocycles. The lowest BCUT2D eigenvalue weighted by Gasteiger charge is -1.99. The largest absolute Gasteiger partial charge is 0.0885 e. The highest BCUT2D eigenvalue weighted by molar-refractivity contribution is 4.92. The lowest BCUT2D eigenvalue weighted by molar-refractivity contribution is 0.599. The van der Waals surface area contributed by atoms with Crippen LogP contribution >= 0.6 is 0 Å². The number of hydrogen-bond donors (Lipinski definition) is 0. The van der Waals surface area contributed by atoms with Gasteiger partial charge in [-0.15, -0.1) is 0 Å². The van der Waals surface area contributed by atoms with Gasteiger partial charge < -0.3 is 0 Å². The van der Waals surface area contributed by atoms with Gasteiger partial charge >= 0.3 is 0 Å². The first-order valence-corrected chi connectivity index (χ1v) is 10.9. The van der Waals surface area contributed by atoms with Crippen LogP contribution in [0.4, 0.5) is 0 Å². The Morgan fingerprint density at radius 1 is 0.375 bits per heavy atom. The van der Waals surface area contributed by atoms with Gasteiger partial charge in [0.05, 0.1) is 0 Å². The Morgan fingerprint density at radius 2 is 0.750 bits per heavy atom. The highest BCUT2D eigenvalue weighted by atomic mass is 14.0. The summed E-state index contributed by atoms with van der Waals surface area (Å²) in [5.41, 5.74) is 0. The van der Waals surface area contributed by atoms with Gasteiger partial charge in [-0.2, -0.15) is 0 Å². The quantitative estimate of drug-likeness (QED) is 0.173. The third-order valence-electron chi connectivity index (χ3n) is 4.46. The van der Waals surface area contributed by atoms with E-state index in [1.165, 1.54) is 96.3 Å². The molecule has 0 unspecified atom stereocenters. The van der Waals surface area contributed by atoms with E-state index < -0.39 is 0 Å². The van der Waals surface area contributed by atoms with E-state index >= 15 is 0 Å². The van der Waals surface area contributed by atoms with Crippen LogP contribution in [0.2, 0.25) is 0 Å². The van der Waals surface area contributed by atoms with Crippen molar-refractivity contribution in [1.29, 1.82) is 0 Å². The van der Waals surface area contributed by atoms with E-state index in [2.05, 4.69) is 50.3 Å². The Morgan fingerprint density at radius 3 is 1.25 bits per heavy atom. The van der Waals surface area contributed by atoms with E-state index in [1.54, 1.807) is 0 Å². The Labute approximate surface area is 153 Å². The molecule has 0 rings (SSSR count). The van der Waals surface area contributed by atoms with Gasteiger partial charge in [0.15, 0.2) is 0 Å². The third-order valence-corrected chi connectivity index (χ3v) is 4.46. The van der Waals surface area contributed by atoms with Crippen LogP contribution in [-0.2, 0) is 0 Å². The molecule has 24 heavy (non-hydrogen) atoms. The number of allylic oxidation sites excluding steroid dienone is 6. The molecular weight excluding hydrogens is 288 g/mol. The molecule has 0 aromatic heterocycles. The molecule has 0 nitrogen and oxygen atoms in total. The Balaban J connectivity index is 3.16. The minimum atomic E-state index is 1.12. The van der Waals surface area contributed by atoms with Gasteiger partial charge in [0, 0.05) is 0 Å². The summed E-state index contributed by atoms with van der Waals surface area (Å²) in [6.07, 6.45) is 35.5. The van der Waals surface area contributed by atoms with E-state index in [0.717, 1.165) is 6.42 Å². The van der Waals surface area contributed by atoms with Gasteiger partial charge in [0.2, 0.25) is 0 Å². The van der Waals surface area contributed by atoms with Gasteiger partial charge in [0.1, 0.15) is 0 Å². The third kappa shape index (κ3) is 21.2. The van der Waals surface area contributed by atoms with Crippen molar-refractivity contribution in [3.05, 3.63) is 36.5 Å². The molecule has 0 N–H and O–H groups in total. The smallest absolute Gasteiger partial charge is 0.0169 e. The maximum Gasteiger partial charge on any atom is -0.0169 e. The first-order valence-electron chi connectivity index (χ1n) is 10.9. The molecule has 0 radical (unpaired) electrons. The summed E-state index contributed by atoms with van der Waals surface area (Å²) < 4.78 is 0. The zero-order chi connectivity index (χ0) is 17.6. The van der Waals surface area contributed by atoms with Crippen molar-refractivity contribution in [3.8, 4) is 0 Å². The zero-order valence-electron chi connectivity index (χ0n) is 16.8. The Bertz CT molecular complexity index is 295. The van der Waals surface area contributed by atoms with Crippen LogP contribution in [-0.4, -0.2) is 0 Å². The van der Waals surface area contributed by atoms with Crippen molar-refractivity contribution in [1.82, 2.24) is 0 Å². The molecule has 140 valence electrons. The molecule has 0 aliphatic heterocycles. The van der Waals surface area contributed by atoms with E-state index in [0.29, 0.717) is 0 Å². The van der Waals surface area contributed by atoms with Gasteiger partial charge in [0.25, 0.3) is 0 Å². The lowest BCUT2D eigenvalue weighted by Crippen LogP contribution is -1.79. The summed E-state index contributed by atoms with van der Waals surface area (Å²) in [5, 5.41) is 0. The number of rotatable bonds is 18. The summed E-state index contributed by atoms with van der Waals surface area (Å²) in [6.45, 7) is 4.52. The Hall–Kier alpha value is -0.780. The van der Waals surface area contributed by atoms with Crippen molar-refractivity contribution < 1.29 is 0 Å². The standard InChI is InChI=1S/C24H44/c1-3-5-7-9-11-13-15-17-19-21-23-24-22-20-18-16-14-12-10-8-6-4-2/h9,11-12,14,18,20H,3-8,10,13,15-17,19,21-24H2,1-2H3. The molecule has 0 saturated carbocycles. The molecule has 0 atom stereocenters. The van der Waals surface area contributed by atoms with E-state index in [-0.39, 0.29) is 0 Å². The SMILES string of the molecule is CCCCC=CCCCCCCCCC=CCC=CCCCCC. The van der Waals surface area contributed by atoms with Crippen molar-refractivity contribution in [2.75, 3.05) is 0 Å². The topological polar surface area (TPSA) is 0 Å². The molecule has 0 saturated heterocycles. The minimum Gasteiger partial charge on any atom is -0.0885 e. The second kappa shape index (κ2) is 22.2. The second-order valence-electron chi connectivity index (χ2n) is 6.99. The van der Waals surface area contributed by atoms with E-state index in [9.17, 15) is 0 Å². The van der Waals surface area contributed by atoms with Crippen LogP contribution in [0.5, 0.6) is 0 Å². The van der Waals surface area contributed by atoms with Crippen molar-refractivity contribution in [2.24, 2.45) is 0 Å². The second-order valence-corrected chi connectivity index (χ2v) is 6.99. The molecule has 0 heterocycles. The fraction of sp³-hybridized carbons (Fsp3) is 0.750. The highest BCUT2D eigenvalue weighted by Gasteiger charge is 1.90. The van der Waals surface area contributed by atoms with Gasteiger partial charge in [-0.05, 0) is 51.4 Å². The molecule has 0 amide bonds. The molecular formula is C24H44. The van der Waals surface area contributed by atoms with E-state index in [4.69, 9.17) is 0 Å². The number of unbranched alkanes of at least 4 members (excludes halogenated alkanes) is 12. The number of hydrogen-bond acceptors (Lipinski definition) is 0. The van der Waals surface area contributed by atoms with Crippen LogP contribution < -0.4 is 0 Å². The highest BCUT2D eigenvalue weighted by Crippen LogP contribution is 2.10. The van der Waals surface area contributed by atoms with Crippen LogP contribution in [0.15, 0.2) is 36.5 Å². The predicted octanol–water partition coefficient (Wildman–Crippen LogP) is 8.94. The lowest BCUT2D eigenvalue weighted by atomic mass is 10.1. The van der Waals surface area contributed by atoms with Crippen LogP contribution in [0.25, 0.3) is 0 Å². The fourth-order valence-corrected chi connectivity index (χ4v) is 2.81. The molecule has 0 fully saturated rings. The monoisotopic (exact) mass is 332 g/mol. The maximum atomic E-state index is 2.39. The van der Waals surface area contributed by atoms with Crippen molar-refractivity contribution >= 4 is 0 Å². The molecule has 0 aliphatic carbocycles. The zero-order valence-corrected chi connectivity index (χ0v) is 16.8. The summed E-state index contributed by atoms with van der Waals surface area (Å²) in [7, 11) is 0. The Kier molecular flexibility index (Phi) is 21.5. The average Bonchev–Trinajstić information content (AvgIpc) is 2.60.